The Balaban J connectivity index is 0.000000461. The molecule has 2 rings (SSSR count). The van der Waals surface area contributed by atoms with Crippen LogP contribution in [0.15, 0.2) is 36.4 Å². The van der Waals surface area contributed by atoms with Crippen molar-refractivity contribution >= 4 is 10.8 Å². The van der Waals surface area contributed by atoms with Crippen LogP contribution in [-0.4, -0.2) is 7.05 Å². The molecule has 74 valence electrons. The highest BCUT2D eigenvalue weighted by atomic mass is 14.4. The Labute approximate surface area is 85.6 Å². The van der Waals surface area contributed by atoms with Crippen molar-refractivity contribution in [1.29, 1.82) is 0 Å². The van der Waals surface area contributed by atoms with Crippen molar-refractivity contribution in [3.8, 4) is 0 Å². The molecule has 0 bridgehead atoms. The molecular formula is C13H17N. The molecule has 14 heavy (non-hydrogen) atoms. The predicted molar refractivity (Wildman–Crippen MR) is 63.5 cm³/mol. The Kier molecular flexibility index (Phi) is 3.66. The van der Waals surface area contributed by atoms with E-state index >= 15 is 0 Å². The van der Waals surface area contributed by atoms with E-state index < -0.39 is 0 Å². The molecule has 2 aromatic rings. The lowest BCUT2D eigenvalue weighted by molar-refractivity contribution is 1.37. The summed E-state index contributed by atoms with van der Waals surface area (Å²) in [6, 6.07) is 13.0. The standard InChI is InChI=1S/C12H12.CH5N/c1-9-7-11-5-3-4-6-12(11)8-10(9)2;1-2/h3-8H,1-2H3;2H2,1H3. The summed E-state index contributed by atoms with van der Waals surface area (Å²) in [5.41, 5.74) is 7.24. The Hall–Kier alpha value is -1.34. The minimum atomic E-state index is 1.33. The first-order chi connectivity index (χ1) is 6.77. The molecule has 0 spiro atoms. The lowest BCUT2D eigenvalue weighted by Gasteiger charge is -2.02. The number of aryl methyl sites for hydroxylation is 2. The van der Waals surface area contributed by atoms with Crippen molar-refractivity contribution in [3.63, 3.8) is 0 Å². The van der Waals surface area contributed by atoms with Gasteiger partial charge in [-0.1, -0.05) is 36.4 Å². The monoisotopic (exact) mass is 187 g/mol. The van der Waals surface area contributed by atoms with Crippen LogP contribution < -0.4 is 5.73 Å². The highest BCUT2D eigenvalue weighted by Crippen LogP contribution is 2.18. The molecule has 0 amide bonds. The summed E-state index contributed by atoms with van der Waals surface area (Å²) in [7, 11) is 1.50. The second-order valence-electron chi connectivity index (χ2n) is 3.28. The molecule has 2 N–H and O–H groups in total. The van der Waals surface area contributed by atoms with Crippen LogP contribution in [0.4, 0.5) is 0 Å². The predicted octanol–water partition coefficient (Wildman–Crippen LogP) is 3.03. The van der Waals surface area contributed by atoms with Crippen LogP contribution in [0.25, 0.3) is 10.8 Å². The minimum absolute atomic E-state index is 1.33. The van der Waals surface area contributed by atoms with Crippen molar-refractivity contribution < 1.29 is 0 Å². The van der Waals surface area contributed by atoms with Crippen LogP contribution in [0.1, 0.15) is 11.1 Å². The summed E-state index contributed by atoms with van der Waals surface area (Å²) in [6.07, 6.45) is 0. The third kappa shape index (κ3) is 2.12. The van der Waals surface area contributed by atoms with E-state index in [2.05, 4.69) is 56.0 Å². The van der Waals surface area contributed by atoms with Gasteiger partial charge in [0.1, 0.15) is 0 Å². The normalized spacial score (nSPS) is 9.43. The van der Waals surface area contributed by atoms with E-state index in [1.807, 2.05) is 0 Å². The van der Waals surface area contributed by atoms with Crippen LogP contribution >= 0.6 is 0 Å². The van der Waals surface area contributed by atoms with Gasteiger partial charge in [0.15, 0.2) is 0 Å². The molecule has 0 atom stereocenters. The molecule has 0 radical (unpaired) electrons. The van der Waals surface area contributed by atoms with Crippen LogP contribution in [0.2, 0.25) is 0 Å². The molecule has 1 nitrogen and oxygen atoms in total. The Morgan fingerprint density at radius 3 is 1.50 bits per heavy atom. The average molecular weight is 187 g/mol. The summed E-state index contributed by atoms with van der Waals surface area (Å²) in [6.45, 7) is 4.31. The summed E-state index contributed by atoms with van der Waals surface area (Å²) in [5, 5.41) is 2.67. The van der Waals surface area contributed by atoms with Gasteiger partial charge in [0.2, 0.25) is 0 Å². The molecule has 0 aliphatic rings. The van der Waals surface area contributed by atoms with E-state index in [-0.39, 0.29) is 0 Å². The second kappa shape index (κ2) is 4.77. The zero-order chi connectivity index (χ0) is 10.6. The summed E-state index contributed by atoms with van der Waals surface area (Å²) < 4.78 is 0. The molecule has 0 fully saturated rings. The molecule has 0 aliphatic carbocycles. The van der Waals surface area contributed by atoms with Crippen molar-refractivity contribution in [3.05, 3.63) is 47.5 Å². The van der Waals surface area contributed by atoms with Gasteiger partial charge < -0.3 is 5.73 Å². The number of nitrogens with two attached hydrogens (primary N) is 1. The maximum atomic E-state index is 4.50. The van der Waals surface area contributed by atoms with Crippen molar-refractivity contribution in [2.24, 2.45) is 5.73 Å². The van der Waals surface area contributed by atoms with Gasteiger partial charge >= 0.3 is 0 Å². The first kappa shape index (κ1) is 10.7. The third-order valence-corrected chi connectivity index (χ3v) is 2.36. The molecule has 0 saturated carbocycles. The molecule has 1 heteroatoms. The van der Waals surface area contributed by atoms with Crippen LogP contribution in [0, 0.1) is 13.8 Å². The fraction of sp³-hybridized carbons (Fsp3) is 0.231. The second-order valence-corrected chi connectivity index (χ2v) is 3.28. The van der Waals surface area contributed by atoms with Gasteiger partial charge in [0.05, 0.1) is 0 Å². The molecule has 0 aliphatic heterocycles. The number of hydrogen-bond acceptors (Lipinski definition) is 1. The highest BCUT2D eigenvalue weighted by Gasteiger charge is 1.95. The highest BCUT2D eigenvalue weighted by molar-refractivity contribution is 5.83. The molecule has 0 heterocycles. The zero-order valence-electron chi connectivity index (χ0n) is 9.04. The minimum Gasteiger partial charge on any atom is -0.333 e. The third-order valence-electron chi connectivity index (χ3n) is 2.36. The number of rotatable bonds is 0. The fourth-order valence-electron chi connectivity index (χ4n) is 1.47. The smallest absolute Gasteiger partial charge is 0.0181 e. The lowest BCUT2D eigenvalue weighted by Crippen LogP contribution is -1.80. The van der Waals surface area contributed by atoms with E-state index in [1.165, 1.54) is 28.9 Å². The van der Waals surface area contributed by atoms with E-state index in [0.717, 1.165) is 0 Å². The molecule has 0 aromatic heterocycles. The van der Waals surface area contributed by atoms with Crippen molar-refractivity contribution in [2.75, 3.05) is 7.05 Å². The van der Waals surface area contributed by atoms with Gasteiger partial charge in [0.25, 0.3) is 0 Å². The van der Waals surface area contributed by atoms with E-state index in [0.29, 0.717) is 0 Å². The van der Waals surface area contributed by atoms with Gasteiger partial charge in [0, 0.05) is 0 Å². The van der Waals surface area contributed by atoms with Crippen LogP contribution in [0.3, 0.4) is 0 Å². The first-order valence-corrected chi connectivity index (χ1v) is 4.81. The summed E-state index contributed by atoms with van der Waals surface area (Å²) >= 11 is 0. The van der Waals surface area contributed by atoms with Crippen LogP contribution in [0.5, 0.6) is 0 Å². The maximum Gasteiger partial charge on any atom is -0.0181 e. The number of hydrogen-bond donors (Lipinski definition) is 1. The Morgan fingerprint density at radius 1 is 0.786 bits per heavy atom. The SMILES string of the molecule is CN.Cc1cc2ccccc2cc1C. The molecule has 0 saturated heterocycles. The lowest BCUT2D eigenvalue weighted by atomic mass is 10.0. The maximum absolute atomic E-state index is 4.50. The van der Waals surface area contributed by atoms with Gasteiger partial charge in [-0.2, -0.15) is 0 Å². The fourth-order valence-corrected chi connectivity index (χ4v) is 1.47. The van der Waals surface area contributed by atoms with E-state index in [9.17, 15) is 0 Å². The van der Waals surface area contributed by atoms with E-state index in [1.54, 1.807) is 0 Å². The van der Waals surface area contributed by atoms with Gasteiger partial charge in [-0.3, -0.25) is 0 Å². The largest absolute Gasteiger partial charge is 0.333 e. The molecule has 0 unspecified atom stereocenters. The van der Waals surface area contributed by atoms with Crippen molar-refractivity contribution in [1.82, 2.24) is 0 Å². The average Bonchev–Trinajstić information content (AvgIpc) is 2.23. The summed E-state index contributed by atoms with van der Waals surface area (Å²) in [4.78, 5) is 0. The van der Waals surface area contributed by atoms with Crippen molar-refractivity contribution in [2.45, 2.75) is 13.8 Å². The van der Waals surface area contributed by atoms with Gasteiger partial charge in [-0.25, -0.2) is 0 Å². The number of fused-ring (bicyclic) bond motifs is 1. The van der Waals surface area contributed by atoms with Crippen LogP contribution in [-0.2, 0) is 0 Å². The molecular weight excluding hydrogens is 170 g/mol. The molecule has 2 aromatic carbocycles. The Bertz CT molecular complexity index is 378. The topological polar surface area (TPSA) is 26.0 Å². The van der Waals surface area contributed by atoms with Gasteiger partial charge in [-0.15, -0.1) is 0 Å². The Morgan fingerprint density at radius 2 is 1.14 bits per heavy atom. The zero-order valence-corrected chi connectivity index (χ0v) is 9.04. The number of benzene rings is 2. The first-order valence-electron chi connectivity index (χ1n) is 4.81. The van der Waals surface area contributed by atoms with E-state index in [4.69, 9.17) is 0 Å². The quantitative estimate of drug-likeness (QED) is 0.674. The van der Waals surface area contributed by atoms with Gasteiger partial charge in [-0.05, 0) is 42.8 Å². The summed E-state index contributed by atoms with van der Waals surface area (Å²) in [5.74, 6) is 0.